The van der Waals surface area contributed by atoms with Crippen molar-refractivity contribution >= 4 is 57.5 Å². The lowest BCUT2D eigenvalue weighted by Crippen LogP contribution is -1.93. The van der Waals surface area contributed by atoms with E-state index in [1.165, 1.54) is 5.56 Å². The van der Waals surface area contributed by atoms with E-state index >= 15 is 0 Å². The molecule has 0 saturated carbocycles. The molecule has 4 rings (SSSR count). The standard InChI is InChI=1S/C20H15Cl2N3OS2/c21-16-7-6-15(10-17(16)22)12-26-23-11-18-19(24-20-25(18)8-9-27-20)28-13-14-4-2-1-3-5-14/h1-11H,12-13H2/b23-11+. The molecule has 0 bridgehead atoms. The van der Waals surface area contributed by atoms with Gasteiger partial charge in [0, 0.05) is 17.3 Å². The number of aromatic nitrogens is 2. The number of nitrogens with zero attached hydrogens (tertiary/aromatic N) is 3. The van der Waals surface area contributed by atoms with Gasteiger partial charge in [0.25, 0.3) is 0 Å². The first-order valence-corrected chi connectivity index (χ1v) is 11.0. The van der Waals surface area contributed by atoms with Gasteiger partial charge in [0.2, 0.25) is 0 Å². The van der Waals surface area contributed by atoms with Crippen LogP contribution in [0.15, 0.2) is 70.3 Å². The summed E-state index contributed by atoms with van der Waals surface area (Å²) in [4.78, 5) is 11.1. The normalized spacial score (nSPS) is 11.5. The molecule has 0 aliphatic heterocycles. The monoisotopic (exact) mass is 447 g/mol. The molecule has 4 aromatic rings. The highest BCUT2D eigenvalue weighted by molar-refractivity contribution is 7.98. The summed E-state index contributed by atoms with van der Waals surface area (Å²) < 4.78 is 2.02. The van der Waals surface area contributed by atoms with E-state index in [2.05, 4.69) is 17.3 Å². The summed E-state index contributed by atoms with van der Waals surface area (Å²) in [5, 5.41) is 8.09. The number of fused-ring (bicyclic) bond motifs is 1. The molecule has 0 spiro atoms. The van der Waals surface area contributed by atoms with E-state index in [1.807, 2.05) is 40.2 Å². The van der Waals surface area contributed by atoms with Crippen molar-refractivity contribution in [1.82, 2.24) is 9.38 Å². The Kier molecular flexibility index (Phi) is 6.22. The van der Waals surface area contributed by atoms with Crippen molar-refractivity contribution in [2.75, 3.05) is 0 Å². The molecule has 2 heterocycles. The Labute approximate surface area is 180 Å². The first-order chi connectivity index (χ1) is 13.7. The van der Waals surface area contributed by atoms with Gasteiger partial charge in [0.05, 0.1) is 16.3 Å². The fraction of sp³-hybridized carbons (Fsp3) is 0.100. The Morgan fingerprint density at radius 2 is 1.96 bits per heavy atom. The molecule has 0 unspecified atom stereocenters. The van der Waals surface area contributed by atoms with Gasteiger partial charge in [-0.2, -0.15) is 0 Å². The molecule has 2 aromatic carbocycles. The van der Waals surface area contributed by atoms with Crippen molar-refractivity contribution in [2.24, 2.45) is 5.16 Å². The lowest BCUT2D eigenvalue weighted by Gasteiger charge is -2.03. The number of thiazole rings is 1. The van der Waals surface area contributed by atoms with Crippen LogP contribution in [-0.4, -0.2) is 15.6 Å². The van der Waals surface area contributed by atoms with Gasteiger partial charge in [-0.05, 0) is 23.3 Å². The summed E-state index contributed by atoms with van der Waals surface area (Å²) >= 11 is 15.2. The van der Waals surface area contributed by atoms with Crippen LogP contribution in [0.4, 0.5) is 0 Å². The molecule has 0 N–H and O–H groups in total. The summed E-state index contributed by atoms with van der Waals surface area (Å²) in [6.07, 6.45) is 3.69. The van der Waals surface area contributed by atoms with Gasteiger partial charge in [-0.3, -0.25) is 4.40 Å². The van der Waals surface area contributed by atoms with Gasteiger partial charge < -0.3 is 4.84 Å². The number of hydrogen-bond acceptors (Lipinski definition) is 5. The van der Waals surface area contributed by atoms with E-state index in [0.717, 1.165) is 27.0 Å². The molecule has 0 atom stereocenters. The van der Waals surface area contributed by atoms with Crippen molar-refractivity contribution < 1.29 is 4.84 Å². The number of halogens is 2. The molecule has 0 fully saturated rings. The zero-order chi connectivity index (χ0) is 19.3. The Balaban J connectivity index is 1.46. The fourth-order valence-electron chi connectivity index (χ4n) is 2.56. The highest BCUT2D eigenvalue weighted by Crippen LogP contribution is 2.28. The minimum atomic E-state index is 0.311. The first kappa shape index (κ1) is 19.3. The molecule has 0 saturated heterocycles. The average Bonchev–Trinajstić information content (AvgIpc) is 3.29. The third kappa shape index (κ3) is 4.52. The van der Waals surface area contributed by atoms with E-state index in [9.17, 15) is 0 Å². The zero-order valence-corrected chi connectivity index (χ0v) is 17.7. The number of thioether (sulfide) groups is 1. The van der Waals surface area contributed by atoms with Crippen LogP contribution in [0.2, 0.25) is 10.0 Å². The average molecular weight is 448 g/mol. The van der Waals surface area contributed by atoms with Gasteiger partial charge in [0.15, 0.2) is 4.96 Å². The molecule has 2 aromatic heterocycles. The molecular formula is C20H15Cl2N3OS2. The van der Waals surface area contributed by atoms with E-state index in [-0.39, 0.29) is 0 Å². The van der Waals surface area contributed by atoms with E-state index < -0.39 is 0 Å². The molecule has 4 nitrogen and oxygen atoms in total. The van der Waals surface area contributed by atoms with Crippen LogP contribution in [0.3, 0.4) is 0 Å². The molecule has 0 radical (unpaired) electrons. The summed E-state index contributed by atoms with van der Waals surface area (Å²) in [7, 11) is 0. The molecule has 0 aliphatic rings. The first-order valence-electron chi connectivity index (χ1n) is 8.42. The topological polar surface area (TPSA) is 38.9 Å². The quantitative estimate of drug-likeness (QED) is 0.183. The maximum Gasteiger partial charge on any atom is 0.195 e. The van der Waals surface area contributed by atoms with Gasteiger partial charge in [0.1, 0.15) is 17.3 Å². The van der Waals surface area contributed by atoms with Crippen LogP contribution in [0.25, 0.3) is 4.96 Å². The molecular weight excluding hydrogens is 433 g/mol. The maximum absolute atomic E-state index is 6.03. The van der Waals surface area contributed by atoms with Crippen molar-refractivity contribution in [3.8, 4) is 0 Å². The van der Waals surface area contributed by atoms with Crippen molar-refractivity contribution in [2.45, 2.75) is 17.4 Å². The number of hydrogen-bond donors (Lipinski definition) is 0. The lowest BCUT2D eigenvalue weighted by atomic mass is 10.2. The minimum Gasteiger partial charge on any atom is -0.391 e. The highest BCUT2D eigenvalue weighted by atomic mass is 35.5. The zero-order valence-electron chi connectivity index (χ0n) is 14.6. The Morgan fingerprint density at radius 1 is 1.11 bits per heavy atom. The molecule has 8 heteroatoms. The number of rotatable bonds is 7. The summed E-state index contributed by atoms with van der Waals surface area (Å²) in [5.41, 5.74) is 3.06. The maximum atomic E-state index is 6.03. The number of oxime groups is 1. The lowest BCUT2D eigenvalue weighted by molar-refractivity contribution is 0.132. The van der Waals surface area contributed by atoms with Crippen LogP contribution >= 0.6 is 46.3 Å². The predicted octanol–water partition coefficient (Wildman–Crippen LogP) is 6.55. The van der Waals surface area contributed by atoms with E-state index in [0.29, 0.717) is 16.7 Å². The molecule has 28 heavy (non-hydrogen) atoms. The second-order valence-electron chi connectivity index (χ2n) is 5.89. The van der Waals surface area contributed by atoms with Crippen molar-refractivity contribution in [3.05, 3.63) is 87.0 Å². The van der Waals surface area contributed by atoms with Gasteiger partial charge in [-0.15, -0.1) is 11.3 Å². The number of imidazole rings is 1. The second kappa shape index (κ2) is 9.01. The summed E-state index contributed by atoms with van der Waals surface area (Å²) in [6, 6.07) is 15.7. The van der Waals surface area contributed by atoms with Crippen LogP contribution in [-0.2, 0) is 17.2 Å². The minimum absolute atomic E-state index is 0.311. The van der Waals surface area contributed by atoms with E-state index in [1.54, 1.807) is 41.4 Å². The van der Waals surface area contributed by atoms with Crippen LogP contribution in [0.5, 0.6) is 0 Å². The third-order valence-corrected chi connectivity index (χ3v) is 6.50. The second-order valence-corrected chi connectivity index (χ2v) is 8.54. The van der Waals surface area contributed by atoms with Gasteiger partial charge >= 0.3 is 0 Å². The Hall–Kier alpha value is -1.99. The highest BCUT2D eigenvalue weighted by Gasteiger charge is 2.12. The van der Waals surface area contributed by atoms with Crippen LogP contribution in [0.1, 0.15) is 16.8 Å². The van der Waals surface area contributed by atoms with Gasteiger partial charge in [-0.1, -0.05) is 76.5 Å². The third-order valence-electron chi connectivity index (χ3n) is 3.95. The fourth-order valence-corrected chi connectivity index (χ4v) is 4.61. The van der Waals surface area contributed by atoms with E-state index in [4.69, 9.17) is 33.0 Å². The van der Waals surface area contributed by atoms with Crippen LogP contribution in [0, 0.1) is 0 Å². The SMILES string of the molecule is Clc1ccc(CO/N=C/c2c(SCc3ccccc3)nc3sccn23)cc1Cl. The number of benzene rings is 2. The van der Waals surface area contributed by atoms with Crippen LogP contribution < -0.4 is 0 Å². The molecule has 0 amide bonds. The summed E-state index contributed by atoms with van der Waals surface area (Å²) in [6.45, 7) is 0.311. The Bertz CT molecular complexity index is 1110. The summed E-state index contributed by atoms with van der Waals surface area (Å²) in [5.74, 6) is 0.844. The van der Waals surface area contributed by atoms with Gasteiger partial charge in [-0.25, -0.2) is 4.98 Å². The van der Waals surface area contributed by atoms with Crippen molar-refractivity contribution in [3.63, 3.8) is 0 Å². The Morgan fingerprint density at radius 3 is 2.79 bits per heavy atom. The molecule has 142 valence electrons. The molecule has 0 aliphatic carbocycles. The smallest absolute Gasteiger partial charge is 0.195 e. The predicted molar refractivity (Wildman–Crippen MR) is 118 cm³/mol. The largest absolute Gasteiger partial charge is 0.391 e. The van der Waals surface area contributed by atoms with Crippen molar-refractivity contribution in [1.29, 1.82) is 0 Å².